The zero-order valence-corrected chi connectivity index (χ0v) is 22.0. The summed E-state index contributed by atoms with van der Waals surface area (Å²) in [4.78, 5) is 11.9. The Labute approximate surface area is 220 Å². The molecule has 0 radical (unpaired) electrons. The lowest BCUT2D eigenvalue weighted by Crippen LogP contribution is -2.10. The predicted molar refractivity (Wildman–Crippen MR) is 153 cm³/mol. The first-order valence-electron chi connectivity index (χ1n) is 12.1. The van der Waals surface area contributed by atoms with Gasteiger partial charge in [0.1, 0.15) is 17.2 Å². The highest BCUT2D eigenvalue weighted by atomic mass is 16.3. The SMILES string of the molecule is CCC.CCNc1nc(N)nc(NCC)n1.Oc1ccccc1.Oc1ccccc1.Oc1ccccc1. The fourth-order valence-electron chi connectivity index (χ4n) is 2.15. The molecule has 200 valence electrons. The Kier molecular flexibility index (Phi) is 19.3. The molecule has 4 rings (SSSR count). The van der Waals surface area contributed by atoms with Crippen molar-refractivity contribution in [1.29, 1.82) is 0 Å². The molecular formula is C28H40N6O3. The van der Waals surface area contributed by atoms with Gasteiger partial charge in [0.2, 0.25) is 17.8 Å². The maximum absolute atomic E-state index is 8.63. The van der Waals surface area contributed by atoms with Crippen molar-refractivity contribution < 1.29 is 15.3 Å². The third kappa shape index (κ3) is 19.5. The van der Waals surface area contributed by atoms with E-state index in [1.807, 2.05) is 32.0 Å². The lowest BCUT2D eigenvalue weighted by atomic mass is 10.3. The minimum Gasteiger partial charge on any atom is -0.508 e. The van der Waals surface area contributed by atoms with Gasteiger partial charge in [0.05, 0.1) is 0 Å². The van der Waals surface area contributed by atoms with Crippen LogP contribution >= 0.6 is 0 Å². The van der Waals surface area contributed by atoms with E-state index in [9.17, 15) is 0 Å². The van der Waals surface area contributed by atoms with Crippen molar-refractivity contribution in [3.63, 3.8) is 0 Å². The first-order valence-corrected chi connectivity index (χ1v) is 12.1. The van der Waals surface area contributed by atoms with E-state index in [1.165, 1.54) is 6.42 Å². The van der Waals surface area contributed by atoms with Crippen LogP contribution in [-0.2, 0) is 0 Å². The number of anilines is 3. The molecule has 9 nitrogen and oxygen atoms in total. The molecule has 0 aliphatic rings. The largest absolute Gasteiger partial charge is 0.508 e. The van der Waals surface area contributed by atoms with Gasteiger partial charge in [0.15, 0.2) is 0 Å². The van der Waals surface area contributed by atoms with Gasteiger partial charge in [-0.05, 0) is 50.2 Å². The number of phenolic OH excluding ortho intramolecular Hbond substituents is 3. The van der Waals surface area contributed by atoms with Gasteiger partial charge in [-0.3, -0.25) is 0 Å². The summed E-state index contributed by atoms with van der Waals surface area (Å²) in [7, 11) is 0. The van der Waals surface area contributed by atoms with Crippen LogP contribution in [0.2, 0.25) is 0 Å². The Balaban J connectivity index is 0.000000468. The predicted octanol–water partition coefficient (Wildman–Crippen LogP) is 5.91. The number of nitrogens with two attached hydrogens (primary N) is 1. The minimum atomic E-state index is 0.224. The van der Waals surface area contributed by atoms with Crippen LogP contribution in [0.1, 0.15) is 34.1 Å². The molecule has 0 unspecified atom stereocenters. The van der Waals surface area contributed by atoms with Crippen LogP contribution in [0, 0.1) is 0 Å². The molecule has 0 aliphatic carbocycles. The summed E-state index contributed by atoms with van der Waals surface area (Å²) >= 11 is 0. The molecule has 0 amide bonds. The normalized spacial score (nSPS) is 8.76. The van der Waals surface area contributed by atoms with Crippen molar-refractivity contribution in [1.82, 2.24) is 15.0 Å². The zero-order valence-electron chi connectivity index (χ0n) is 22.0. The number of nitrogens with zero attached hydrogens (tertiary/aromatic N) is 3. The number of rotatable bonds is 4. The molecule has 0 bridgehead atoms. The molecule has 1 aromatic heterocycles. The van der Waals surface area contributed by atoms with Gasteiger partial charge in [0.25, 0.3) is 0 Å². The Hall–Kier alpha value is -4.53. The van der Waals surface area contributed by atoms with Crippen LogP contribution in [0.25, 0.3) is 0 Å². The molecule has 0 atom stereocenters. The third-order valence-corrected chi connectivity index (χ3v) is 3.59. The van der Waals surface area contributed by atoms with Crippen LogP contribution in [-0.4, -0.2) is 43.4 Å². The maximum Gasteiger partial charge on any atom is 0.229 e. The summed E-state index contributed by atoms with van der Waals surface area (Å²) in [5, 5.41) is 31.8. The van der Waals surface area contributed by atoms with Crippen molar-refractivity contribution >= 4 is 17.8 Å². The molecular weight excluding hydrogens is 468 g/mol. The van der Waals surface area contributed by atoms with Gasteiger partial charge < -0.3 is 31.7 Å². The number of benzene rings is 3. The van der Waals surface area contributed by atoms with Crippen molar-refractivity contribution in [2.24, 2.45) is 0 Å². The average Bonchev–Trinajstić information content (AvgIpc) is 2.87. The van der Waals surface area contributed by atoms with Crippen LogP contribution in [0.4, 0.5) is 17.8 Å². The van der Waals surface area contributed by atoms with Crippen molar-refractivity contribution in [2.75, 3.05) is 29.5 Å². The molecule has 3 aromatic carbocycles. The first-order chi connectivity index (χ1) is 17.9. The molecule has 0 saturated carbocycles. The number of hydrogen-bond acceptors (Lipinski definition) is 9. The number of nitrogen functional groups attached to an aromatic ring is 1. The second-order valence-electron chi connectivity index (χ2n) is 7.12. The second-order valence-corrected chi connectivity index (χ2v) is 7.12. The Morgan fingerprint density at radius 1 is 0.541 bits per heavy atom. The number of nitrogens with one attached hydrogen (secondary N) is 2. The number of aromatic nitrogens is 3. The molecule has 7 N–H and O–H groups in total. The van der Waals surface area contributed by atoms with E-state index in [1.54, 1.807) is 72.8 Å². The smallest absolute Gasteiger partial charge is 0.229 e. The molecule has 1 heterocycles. The van der Waals surface area contributed by atoms with Crippen molar-refractivity contribution in [2.45, 2.75) is 34.1 Å². The molecule has 37 heavy (non-hydrogen) atoms. The molecule has 4 aromatic rings. The van der Waals surface area contributed by atoms with Crippen LogP contribution in [0.15, 0.2) is 91.0 Å². The molecule has 9 heteroatoms. The van der Waals surface area contributed by atoms with Gasteiger partial charge in [0, 0.05) is 13.1 Å². The highest BCUT2D eigenvalue weighted by Crippen LogP contribution is 2.06. The minimum absolute atomic E-state index is 0.224. The highest BCUT2D eigenvalue weighted by Gasteiger charge is 2.01. The number of para-hydroxylation sites is 3. The first kappa shape index (κ1) is 32.5. The van der Waals surface area contributed by atoms with Gasteiger partial charge in [-0.15, -0.1) is 0 Å². The van der Waals surface area contributed by atoms with Crippen molar-refractivity contribution in [3.8, 4) is 17.2 Å². The topological polar surface area (TPSA) is 149 Å². The standard InChI is InChI=1S/C7H14N6.3C6H6O.C3H8/c1-3-9-6-11-5(8)12-7(13-6)10-4-2;3*7-6-4-2-1-3-5-6;1-3-2/h3-4H2,1-2H3,(H4,8,9,10,11,12,13);3*1-5,7H;3H2,1-2H3. The van der Waals surface area contributed by atoms with Gasteiger partial charge in [-0.25, -0.2) is 0 Å². The number of phenols is 3. The van der Waals surface area contributed by atoms with Gasteiger partial charge in [-0.2, -0.15) is 15.0 Å². The van der Waals surface area contributed by atoms with E-state index in [0.717, 1.165) is 13.1 Å². The fraction of sp³-hybridized carbons (Fsp3) is 0.250. The van der Waals surface area contributed by atoms with E-state index in [4.69, 9.17) is 21.1 Å². The third-order valence-electron chi connectivity index (χ3n) is 3.59. The van der Waals surface area contributed by atoms with E-state index < -0.39 is 0 Å². The Morgan fingerprint density at radius 3 is 1.00 bits per heavy atom. The van der Waals surface area contributed by atoms with Crippen LogP contribution in [0.5, 0.6) is 17.2 Å². The molecule has 0 saturated heterocycles. The summed E-state index contributed by atoms with van der Waals surface area (Å²) in [5.74, 6) is 2.20. The summed E-state index contributed by atoms with van der Waals surface area (Å²) in [6.45, 7) is 9.70. The summed E-state index contributed by atoms with van der Waals surface area (Å²) < 4.78 is 0. The number of aromatic hydroxyl groups is 3. The monoisotopic (exact) mass is 508 g/mol. The highest BCUT2D eigenvalue weighted by molar-refractivity contribution is 5.39. The van der Waals surface area contributed by atoms with Crippen molar-refractivity contribution in [3.05, 3.63) is 91.0 Å². The van der Waals surface area contributed by atoms with E-state index >= 15 is 0 Å². The Bertz CT molecular complexity index is 926. The van der Waals surface area contributed by atoms with E-state index in [-0.39, 0.29) is 5.95 Å². The van der Waals surface area contributed by atoms with Gasteiger partial charge in [-0.1, -0.05) is 74.9 Å². The van der Waals surface area contributed by atoms with Gasteiger partial charge >= 0.3 is 0 Å². The van der Waals surface area contributed by atoms with Crippen LogP contribution < -0.4 is 16.4 Å². The lowest BCUT2D eigenvalue weighted by Gasteiger charge is -2.05. The summed E-state index contributed by atoms with van der Waals surface area (Å²) in [5.41, 5.74) is 5.48. The quantitative estimate of drug-likeness (QED) is 0.198. The lowest BCUT2D eigenvalue weighted by molar-refractivity contribution is 0.475. The summed E-state index contributed by atoms with van der Waals surface area (Å²) in [6.07, 6.45) is 1.25. The van der Waals surface area contributed by atoms with E-state index in [2.05, 4.69) is 39.4 Å². The van der Waals surface area contributed by atoms with Crippen LogP contribution in [0.3, 0.4) is 0 Å². The molecule has 0 fully saturated rings. The Morgan fingerprint density at radius 2 is 0.811 bits per heavy atom. The molecule has 0 aliphatic heterocycles. The van der Waals surface area contributed by atoms with E-state index in [0.29, 0.717) is 29.1 Å². The zero-order chi connectivity index (χ0) is 27.7. The summed E-state index contributed by atoms with van der Waals surface area (Å²) in [6, 6.07) is 26.1. The molecule has 0 spiro atoms. The maximum atomic E-state index is 8.63. The fourth-order valence-corrected chi connectivity index (χ4v) is 2.15. The second kappa shape index (κ2) is 22.0. The average molecular weight is 509 g/mol. The number of hydrogen-bond donors (Lipinski definition) is 6.